The molecule has 0 saturated heterocycles. The Bertz CT molecular complexity index is 359. The normalized spacial score (nSPS) is 11.6. The second kappa shape index (κ2) is 4.19. The number of rotatable bonds is 3. The molecule has 3 heteroatoms. The van der Waals surface area contributed by atoms with Gasteiger partial charge in [0.15, 0.2) is 0 Å². The molecule has 0 atom stereocenters. The molecule has 0 aliphatic heterocycles. The minimum Gasteiger partial charge on any atom is -0.496 e. The van der Waals surface area contributed by atoms with Gasteiger partial charge in [-0.05, 0) is 18.6 Å². The molecule has 1 aromatic carbocycles. The van der Waals surface area contributed by atoms with Gasteiger partial charge in [0, 0.05) is 11.0 Å². The van der Waals surface area contributed by atoms with Gasteiger partial charge in [0.25, 0.3) is 0 Å². The summed E-state index contributed by atoms with van der Waals surface area (Å²) in [5.41, 5.74) is 0.671. The highest BCUT2D eigenvalue weighted by Gasteiger charge is 2.28. The monoisotopic (exact) mass is 212 g/mol. The summed E-state index contributed by atoms with van der Waals surface area (Å²) in [6.45, 7) is 5.31. The van der Waals surface area contributed by atoms with Crippen molar-refractivity contribution in [2.24, 2.45) is 0 Å². The number of benzene rings is 1. The first-order valence-corrected chi connectivity index (χ1v) is 4.88. The van der Waals surface area contributed by atoms with Crippen LogP contribution in [0.2, 0.25) is 0 Å². The number of hydrogen-bond donors (Lipinski definition) is 1. The van der Waals surface area contributed by atoms with Gasteiger partial charge >= 0.3 is 0 Å². The van der Waals surface area contributed by atoms with Gasteiger partial charge in [-0.1, -0.05) is 19.9 Å². The smallest absolute Gasteiger partial charge is 0.130 e. The molecule has 15 heavy (non-hydrogen) atoms. The summed E-state index contributed by atoms with van der Waals surface area (Å²) < 4.78 is 18.9. The number of methoxy groups -OCH3 is 1. The van der Waals surface area contributed by atoms with Crippen LogP contribution in [0.1, 0.15) is 25.0 Å². The number of aliphatic hydroxyl groups is 1. The molecule has 0 fully saturated rings. The molecule has 84 valence electrons. The Morgan fingerprint density at radius 1 is 1.40 bits per heavy atom. The standard InChI is InChI=1S/C12H17FO2/c1-8-5-6-9(13)10(11(8)15-4)12(2,3)7-14/h5-6,14H,7H2,1-4H3. The molecule has 0 aliphatic carbocycles. The van der Waals surface area contributed by atoms with Crippen molar-refractivity contribution in [3.8, 4) is 5.75 Å². The molecule has 0 spiro atoms. The Balaban J connectivity index is 3.44. The Morgan fingerprint density at radius 3 is 2.47 bits per heavy atom. The van der Waals surface area contributed by atoms with E-state index in [1.54, 1.807) is 19.9 Å². The van der Waals surface area contributed by atoms with Crippen molar-refractivity contribution in [1.82, 2.24) is 0 Å². The fourth-order valence-electron chi connectivity index (χ4n) is 1.64. The lowest BCUT2D eigenvalue weighted by atomic mass is 9.83. The summed E-state index contributed by atoms with van der Waals surface area (Å²) in [5.74, 6) is 0.186. The van der Waals surface area contributed by atoms with Gasteiger partial charge in [-0.25, -0.2) is 4.39 Å². The van der Waals surface area contributed by atoms with E-state index in [1.165, 1.54) is 13.2 Å². The van der Waals surface area contributed by atoms with Gasteiger partial charge in [-0.3, -0.25) is 0 Å². The summed E-state index contributed by atoms with van der Waals surface area (Å²) in [4.78, 5) is 0. The summed E-state index contributed by atoms with van der Waals surface area (Å²) in [6.07, 6.45) is 0. The average Bonchev–Trinajstić information content (AvgIpc) is 2.20. The summed E-state index contributed by atoms with van der Waals surface area (Å²) in [7, 11) is 1.51. The third-order valence-corrected chi connectivity index (χ3v) is 2.58. The van der Waals surface area contributed by atoms with E-state index >= 15 is 0 Å². The zero-order valence-corrected chi connectivity index (χ0v) is 9.60. The molecular formula is C12H17FO2. The molecule has 1 N–H and O–H groups in total. The summed E-state index contributed by atoms with van der Waals surface area (Å²) in [6, 6.07) is 3.08. The summed E-state index contributed by atoms with van der Waals surface area (Å²) in [5, 5.41) is 9.26. The quantitative estimate of drug-likeness (QED) is 0.833. The second-order valence-electron chi connectivity index (χ2n) is 4.31. The SMILES string of the molecule is COc1c(C)ccc(F)c1C(C)(C)CO. The molecule has 0 saturated carbocycles. The number of ether oxygens (including phenoxy) is 1. The lowest BCUT2D eigenvalue weighted by molar-refractivity contribution is 0.210. The third-order valence-electron chi connectivity index (χ3n) is 2.58. The van der Waals surface area contributed by atoms with Crippen LogP contribution in [-0.2, 0) is 5.41 Å². The van der Waals surface area contributed by atoms with Crippen LogP contribution in [0.4, 0.5) is 4.39 Å². The molecule has 0 radical (unpaired) electrons. The predicted molar refractivity (Wildman–Crippen MR) is 57.8 cm³/mol. The van der Waals surface area contributed by atoms with Crippen LogP contribution in [0.15, 0.2) is 12.1 Å². The highest BCUT2D eigenvalue weighted by atomic mass is 19.1. The number of hydrogen-bond acceptors (Lipinski definition) is 2. The van der Waals surface area contributed by atoms with Crippen LogP contribution in [0.3, 0.4) is 0 Å². The third kappa shape index (κ3) is 2.12. The van der Waals surface area contributed by atoms with Crippen molar-refractivity contribution in [2.45, 2.75) is 26.2 Å². The van der Waals surface area contributed by atoms with E-state index in [0.29, 0.717) is 11.3 Å². The lowest BCUT2D eigenvalue weighted by Crippen LogP contribution is -2.24. The van der Waals surface area contributed by atoms with E-state index in [0.717, 1.165) is 5.56 Å². The van der Waals surface area contributed by atoms with E-state index in [1.807, 2.05) is 6.92 Å². The molecule has 0 heterocycles. The van der Waals surface area contributed by atoms with E-state index in [4.69, 9.17) is 4.74 Å². The maximum Gasteiger partial charge on any atom is 0.130 e. The average molecular weight is 212 g/mol. The van der Waals surface area contributed by atoms with Crippen LogP contribution in [-0.4, -0.2) is 18.8 Å². The fourth-order valence-corrected chi connectivity index (χ4v) is 1.64. The predicted octanol–water partition coefficient (Wildman–Crippen LogP) is 2.41. The van der Waals surface area contributed by atoms with Crippen molar-refractivity contribution in [3.63, 3.8) is 0 Å². The van der Waals surface area contributed by atoms with E-state index in [9.17, 15) is 9.50 Å². The van der Waals surface area contributed by atoms with E-state index in [-0.39, 0.29) is 12.4 Å². The maximum atomic E-state index is 13.7. The molecule has 1 aromatic rings. The molecule has 0 amide bonds. The number of aliphatic hydroxyl groups excluding tert-OH is 1. The number of halogens is 1. The van der Waals surface area contributed by atoms with Gasteiger partial charge in [0.1, 0.15) is 11.6 Å². The highest BCUT2D eigenvalue weighted by molar-refractivity contribution is 5.45. The maximum absolute atomic E-state index is 13.7. The van der Waals surface area contributed by atoms with E-state index < -0.39 is 5.41 Å². The van der Waals surface area contributed by atoms with Gasteiger partial charge < -0.3 is 9.84 Å². The molecule has 0 bridgehead atoms. The first-order chi connectivity index (χ1) is 6.94. The van der Waals surface area contributed by atoms with Crippen molar-refractivity contribution >= 4 is 0 Å². The van der Waals surface area contributed by atoms with Crippen molar-refractivity contribution in [3.05, 3.63) is 29.1 Å². The molecule has 1 rings (SSSR count). The zero-order valence-electron chi connectivity index (χ0n) is 9.60. The van der Waals surface area contributed by atoms with Crippen molar-refractivity contribution in [1.29, 1.82) is 0 Å². The van der Waals surface area contributed by atoms with Crippen LogP contribution in [0, 0.1) is 12.7 Å². The molecular weight excluding hydrogens is 195 g/mol. The first-order valence-electron chi connectivity index (χ1n) is 4.88. The van der Waals surface area contributed by atoms with Crippen LogP contribution in [0.5, 0.6) is 5.75 Å². The Labute approximate surface area is 89.7 Å². The zero-order chi connectivity index (χ0) is 11.6. The van der Waals surface area contributed by atoms with Crippen LogP contribution >= 0.6 is 0 Å². The topological polar surface area (TPSA) is 29.5 Å². The second-order valence-corrected chi connectivity index (χ2v) is 4.31. The summed E-state index contributed by atoms with van der Waals surface area (Å²) >= 11 is 0. The van der Waals surface area contributed by atoms with Gasteiger partial charge in [-0.15, -0.1) is 0 Å². The Morgan fingerprint density at radius 2 is 2.00 bits per heavy atom. The number of aryl methyl sites for hydroxylation is 1. The molecule has 0 aromatic heterocycles. The Hall–Kier alpha value is -1.09. The molecule has 2 nitrogen and oxygen atoms in total. The van der Waals surface area contributed by atoms with Gasteiger partial charge in [0.05, 0.1) is 13.7 Å². The van der Waals surface area contributed by atoms with Gasteiger partial charge in [-0.2, -0.15) is 0 Å². The fraction of sp³-hybridized carbons (Fsp3) is 0.500. The largest absolute Gasteiger partial charge is 0.496 e. The minimum absolute atomic E-state index is 0.121. The van der Waals surface area contributed by atoms with Crippen LogP contribution < -0.4 is 4.74 Å². The Kier molecular flexibility index (Phi) is 3.35. The van der Waals surface area contributed by atoms with Gasteiger partial charge in [0.2, 0.25) is 0 Å². The molecule has 0 aliphatic rings. The minimum atomic E-state index is -0.637. The van der Waals surface area contributed by atoms with Crippen molar-refractivity contribution < 1.29 is 14.2 Å². The first kappa shape index (κ1) is 12.0. The van der Waals surface area contributed by atoms with Crippen LogP contribution in [0.25, 0.3) is 0 Å². The molecule has 0 unspecified atom stereocenters. The highest BCUT2D eigenvalue weighted by Crippen LogP contribution is 2.35. The lowest BCUT2D eigenvalue weighted by Gasteiger charge is -2.26. The van der Waals surface area contributed by atoms with E-state index in [2.05, 4.69) is 0 Å². The van der Waals surface area contributed by atoms with Crippen molar-refractivity contribution in [2.75, 3.05) is 13.7 Å².